The Hall–Kier alpha value is -2.76. The third kappa shape index (κ3) is 5.04. The number of nitrogens with one attached hydrogen (secondary N) is 1. The average Bonchev–Trinajstić information content (AvgIpc) is 3.47. The summed E-state index contributed by atoms with van der Waals surface area (Å²) in [4.78, 5) is 27.3. The summed E-state index contributed by atoms with van der Waals surface area (Å²) in [6.07, 6.45) is 1.90. The van der Waals surface area contributed by atoms with Gasteiger partial charge < -0.3 is 10.2 Å². The zero-order valence-electron chi connectivity index (χ0n) is 16.9. The molecular weight excluding hydrogens is 392 g/mol. The van der Waals surface area contributed by atoms with Crippen molar-refractivity contribution in [3.05, 3.63) is 94.2 Å². The molecule has 2 heterocycles. The fraction of sp³-hybridized carbons (Fsp3) is 0.280. The minimum atomic E-state index is -0.490. The second-order valence-corrected chi connectivity index (χ2v) is 8.68. The van der Waals surface area contributed by atoms with Crippen LogP contribution in [0.15, 0.2) is 78.2 Å². The highest BCUT2D eigenvalue weighted by molar-refractivity contribution is 7.13. The van der Waals surface area contributed by atoms with E-state index in [-0.39, 0.29) is 6.04 Å². The number of hydrogen-bond acceptors (Lipinski definition) is 4. The van der Waals surface area contributed by atoms with Gasteiger partial charge in [-0.3, -0.25) is 9.59 Å². The van der Waals surface area contributed by atoms with Crippen molar-refractivity contribution >= 4 is 23.0 Å². The quantitative estimate of drug-likeness (QED) is 0.437. The Morgan fingerprint density at radius 2 is 1.63 bits per heavy atom. The van der Waals surface area contributed by atoms with Crippen LogP contribution in [0.25, 0.3) is 0 Å². The molecule has 4 rings (SSSR count). The zero-order chi connectivity index (χ0) is 20.8. The summed E-state index contributed by atoms with van der Waals surface area (Å²) in [5, 5.41) is 4.74. The predicted molar refractivity (Wildman–Crippen MR) is 121 cm³/mol. The van der Waals surface area contributed by atoms with Crippen molar-refractivity contribution in [2.24, 2.45) is 0 Å². The van der Waals surface area contributed by atoms with E-state index >= 15 is 0 Å². The van der Waals surface area contributed by atoms with E-state index in [9.17, 15) is 9.59 Å². The highest BCUT2D eigenvalue weighted by Gasteiger charge is 2.27. The minimum absolute atomic E-state index is 0.0355. The van der Waals surface area contributed by atoms with E-state index in [0.717, 1.165) is 32.5 Å². The molecule has 5 heteroatoms. The molecule has 1 unspecified atom stereocenters. The van der Waals surface area contributed by atoms with Gasteiger partial charge in [0.05, 0.1) is 4.88 Å². The normalized spacial score (nSPS) is 16.6. The molecule has 0 saturated carbocycles. The van der Waals surface area contributed by atoms with Gasteiger partial charge in [0, 0.05) is 25.0 Å². The van der Waals surface area contributed by atoms with Crippen molar-refractivity contribution in [2.75, 3.05) is 19.6 Å². The van der Waals surface area contributed by atoms with Gasteiger partial charge in [0.2, 0.25) is 0 Å². The Balaban J connectivity index is 1.33. The Morgan fingerprint density at radius 1 is 0.967 bits per heavy atom. The summed E-state index contributed by atoms with van der Waals surface area (Å²) in [5.41, 5.74) is 2.66. The lowest BCUT2D eigenvalue weighted by molar-refractivity contribution is -0.117. The van der Waals surface area contributed by atoms with Crippen molar-refractivity contribution in [3.63, 3.8) is 0 Å². The van der Waals surface area contributed by atoms with Gasteiger partial charge in [-0.2, -0.15) is 0 Å². The maximum absolute atomic E-state index is 12.3. The lowest BCUT2D eigenvalue weighted by Gasteiger charge is -2.22. The molecule has 1 aromatic heterocycles. The number of benzene rings is 2. The number of amides is 1. The molecule has 0 spiro atoms. The first kappa shape index (κ1) is 20.5. The van der Waals surface area contributed by atoms with E-state index < -0.39 is 11.7 Å². The van der Waals surface area contributed by atoms with E-state index in [1.54, 1.807) is 12.1 Å². The molecule has 1 atom stereocenters. The molecule has 0 bridgehead atoms. The van der Waals surface area contributed by atoms with Crippen LogP contribution in [0, 0.1) is 0 Å². The first-order valence-corrected chi connectivity index (χ1v) is 11.3. The molecule has 154 valence electrons. The molecule has 1 N–H and O–H groups in total. The van der Waals surface area contributed by atoms with Crippen LogP contribution >= 0.6 is 11.3 Å². The van der Waals surface area contributed by atoms with Gasteiger partial charge >= 0.3 is 0 Å². The Labute approximate surface area is 181 Å². The maximum Gasteiger partial charge on any atom is 0.293 e. The van der Waals surface area contributed by atoms with E-state index in [1.807, 2.05) is 5.38 Å². The fourth-order valence-electron chi connectivity index (χ4n) is 4.13. The molecular formula is C25H26N2O2S. The first-order chi connectivity index (χ1) is 14.7. The highest BCUT2D eigenvalue weighted by atomic mass is 32.1. The maximum atomic E-state index is 12.3. The number of hydrogen-bond donors (Lipinski definition) is 1. The molecule has 1 aliphatic heterocycles. The lowest BCUT2D eigenvalue weighted by Crippen LogP contribution is -2.40. The monoisotopic (exact) mass is 418 g/mol. The van der Waals surface area contributed by atoms with Crippen LogP contribution in [0.2, 0.25) is 0 Å². The smallest absolute Gasteiger partial charge is 0.293 e. The second-order valence-electron chi connectivity index (χ2n) is 7.73. The van der Waals surface area contributed by atoms with Crippen LogP contribution in [0.3, 0.4) is 0 Å². The molecule has 0 aliphatic carbocycles. The number of likely N-dealkylation sites (tertiary alicyclic amines) is 1. The molecule has 1 saturated heterocycles. The molecule has 3 aromatic rings. The predicted octanol–water partition coefficient (Wildman–Crippen LogP) is 4.34. The molecule has 2 aromatic carbocycles. The molecule has 1 aliphatic rings. The summed E-state index contributed by atoms with van der Waals surface area (Å²) in [6, 6.07) is 24.8. The van der Waals surface area contributed by atoms with Crippen molar-refractivity contribution in [3.8, 4) is 0 Å². The zero-order valence-corrected chi connectivity index (χ0v) is 17.7. The summed E-state index contributed by atoms with van der Waals surface area (Å²) in [6.45, 7) is 2.69. The Bertz CT molecular complexity index is 918. The van der Waals surface area contributed by atoms with Gasteiger partial charge in [0.1, 0.15) is 0 Å². The molecule has 30 heavy (non-hydrogen) atoms. The van der Waals surface area contributed by atoms with Crippen LogP contribution in [0.1, 0.15) is 39.6 Å². The topological polar surface area (TPSA) is 49.4 Å². The molecule has 0 radical (unpaired) electrons. The van der Waals surface area contributed by atoms with E-state index in [2.05, 4.69) is 70.9 Å². The number of Topliss-reactive ketones (excluding diaryl/α,β-unsaturated/α-hetero) is 1. The average molecular weight is 419 g/mol. The number of ketones is 1. The van der Waals surface area contributed by atoms with E-state index in [0.29, 0.717) is 10.8 Å². The van der Waals surface area contributed by atoms with Crippen molar-refractivity contribution < 1.29 is 9.59 Å². The molecule has 1 fully saturated rings. The first-order valence-electron chi connectivity index (χ1n) is 10.4. The van der Waals surface area contributed by atoms with Gasteiger partial charge in [-0.25, -0.2) is 0 Å². The van der Waals surface area contributed by atoms with Gasteiger partial charge in [0.25, 0.3) is 11.7 Å². The SMILES string of the molecule is O=C(NC1CCN(CCC(c2ccccc2)c2ccccc2)C1)C(=O)c1cccs1. The number of carbonyl (C=O) groups is 2. The van der Waals surface area contributed by atoms with Gasteiger partial charge in [0.15, 0.2) is 0 Å². The third-order valence-corrected chi connectivity index (χ3v) is 6.57. The fourth-order valence-corrected chi connectivity index (χ4v) is 4.79. The van der Waals surface area contributed by atoms with Gasteiger partial charge in [-0.15, -0.1) is 11.3 Å². The van der Waals surface area contributed by atoms with Gasteiger partial charge in [-0.1, -0.05) is 66.7 Å². The highest BCUT2D eigenvalue weighted by Crippen LogP contribution is 2.28. The van der Waals surface area contributed by atoms with Crippen LogP contribution < -0.4 is 5.32 Å². The van der Waals surface area contributed by atoms with Gasteiger partial charge in [-0.05, 0) is 42.0 Å². The van der Waals surface area contributed by atoms with Crippen LogP contribution in [-0.2, 0) is 4.79 Å². The standard InChI is InChI=1S/C25H26N2O2S/c28-24(23-12-7-17-30-23)25(29)26-21-13-15-27(18-21)16-14-22(19-8-3-1-4-9-19)20-10-5-2-6-11-20/h1-12,17,21-22H,13-16,18H2,(H,26,29). The summed E-state index contributed by atoms with van der Waals surface area (Å²) >= 11 is 1.30. The van der Waals surface area contributed by atoms with Crippen molar-refractivity contribution in [1.82, 2.24) is 10.2 Å². The largest absolute Gasteiger partial charge is 0.345 e. The van der Waals surface area contributed by atoms with Crippen LogP contribution in [0.4, 0.5) is 0 Å². The number of thiophene rings is 1. The second kappa shape index (κ2) is 9.83. The van der Waals surface area contributed by atoms with E-state index in [1.165, 1.54) is 22.5 Å². The summed E-state index contributed by atoms with van der Waals surface area (Å²) < 4.78 is 0. The van der Waals surface area contributed by atoms with Crippen LogP contribution in [0.5, 0.6) is 0 Å². The van der Waals surface area contributed by atoms with Crippen molar-refractivity contribution in [2.45, 2.75) is 24.8 Å². The van der Waals surface area contributed by atoms with Crippen LogP contribution in [-0.4, -0.2) is 42.3 Å². The van der Waals surface area contributed by atoms with Crippen molar-refractivity contribution in [1.29, 1.82) is 0 Å². The van der Waals surface area contributed by atoms with E-state index in [4.69, 9.17) is 0 Å². The number of nitrogens with zero attached hydrogens (tertiary/aromatic N) is 1. The summed E-state index contributed by atoms with van der Waals surface area (Å²) in [7, 11) is 0. The molecule has 4 nitrogen and oxygen atoms in total. The Morgan fingerprint density at radius 3 is 2.23 bits per heavy atom. The number of carbonyl (C=O) groups excluding carboxylic acids is 2. The third-order valence-electron chi connectivity index (χ3n) is 5.70. The minimum Gasteiger partial charge on any atom is -0.345 e. The Kier molecular flexibility index (Phi) is 6.72. The molecule has 1 amide bonds. The lowest BCUT2D eigenvalue weighted by atomic mass is 9.88. The summed E-state index contributed by atoms with van der Waals surface area (Å²) in [5.74, 6) is -0.575. The number of rotatable bonds is 8.